The van der Waals surface area contributed by atoms with E-state index in [2.05, 4.69) is 10.1 Å². The number of rotatable bonds is 3. The molecule has 0 fully saturated rings. The summed E-state index contributed by atoms with van der Waals surface area (Å²) in [5, 5.41) is 3.97. The van der Waals surface area contributed by atoms with Gasteiger partial charge >= 0.3 is 0 Å². The van der Waals surface area contributed by atoms with Crippen molar-refractivity contribution in [2.75, 3.05) is 7.11 Å². The number of aromatic nitrogens is 2. The SMILES string of the molecule is COc1ccc(-c2noc([C@@H](N)C(C)(C)C)n2)cc1. The minimum absolute atomic E-state index is 0.121. The number of nitrogens with zero attached hydrogens (tertiary/aromatic N) is 2. The van der Waals surface area contributed by atoms with E-state index in [1.807, 2.05) is 45.0 Å². The molecule has 1 aromatic heterocycles. The van der Waals surface area contributed by atoms with Crippen LogP contribution in [0.2, 0.25) is 0 Å². The first-order chi connectivity index (χ1) is 8.91. The highest BCUT2D eigenvalue weighted by Gasteiger charge is 2.27. The van der Waals surface area contributed by atoms with Crippen molar-refractivity contribution >= 4 is 0 Å². The first kappa shape index (κ1) is 13.5. The van der Waals surface area contributed by atoms with Gasteiger partial charge in [0.2, 0.25) is 11.7 Å². The van der Waals surface area contributed by atoms with E-state index in [0.717, 1.165) is 11.3 Å². The molecule has 0 aliphatic carbocycles. The molecule has 1 atom stereocenters. The maximum absolute atomic E-state index is 6.09. The Bertz CT molecular complexity index is 541. The second-order valence-corrected chi connectivity index (χ2v) is 5.53. The first-order valence-electron chi connectivity index (χ1n) is 6.15. The van der Waals surface area contributed by atoms with Crippen molar-refractivity contribution in [1.82, 2.24) is 10.1 Å². The molecule has 0 bridgehead atoms. The quantitative estimate of drug-likeness (QED) is 0.919. The van der Waals surface area contributed by atoms with Crippen molar-refractivity contribution in [3.63, 3.8) is 0 Å². The van der Waals surface area contributed by atoms with Gasteiger partial charge in [-0.3, -0.25) is 0 Å². The van der Waals surface area contributed by atoms with Crippen LogP contribution in [0.15, 0.2) is 28.8 Å². The summed E-state index contributed by atoms with van der Waals surface area (Å²) in [4.78, 5) is 4.36. The lowest BCUT2D eigenvalue weighted by molar-refractivity contribution is 0.253. The van der Waals surface area contributed by atoms with Crippen LogP contribution in [-0.4, -0.2) is 17.3 Å². The fourth-order valence-corrected chi connectivity index (χ4v) is 1.59. The Balaban J connectivity index is 2.25. The van der Waals surface area contributed by atoms with Crippen LogP contribution in [0.1, 0.15) is 32.7 Å². The third kappa shape index (κ3) is 2.93. The highest BCUT2D eigenvalue weighted by Crippen LogP contribution is 2.30. The third-order valence-corrected chi connectivity index (χ3v) is 2.99. The predicted molar refractivity (Wildman–Crippen MR) is 72.7 cm³/mol. The zero-order valence-corrected chi connectivity index (χ0v) is 11.7. The number of hydrogen-bond donors (Lipinski definition) is 1. The van der Waals surface area contributed by atoms with E-state index >= 15 is 0 Å². The van der Waals surface area contributed by atoms with Crippen LogP contribution in [0.4, 0.5) is 0 Å². The van der Waals surface area contributed by atoms with Crippen LogP contribution < -0.4 is 10.5 Å². The maximum atomic E-state index is 6.09. The Labute approximate surface area is 112 Å². The fraction of sp³-hybridized carbons (Fsp3) is 0.429. The molecule has 0 saturated heterocycles. The molecule has 2 N–H and O–H groups in total. The Kier molecular flexibility index (Phi) is 3.57. The van der Waals surface area contributed by atoms with Crippen molar-refractivity contribution in [3.8, 4) is 17.1 Å². The smallest absolute Gasteiger partial charge is 0.244 e. The Hall–Kier alpha value is -1.88. The summed E-state index contributed by atoms with van der Waals surface area (Å²) in [7, 11) is 1.63. The molecule has 0 radical (unpaired) electrons. The monoisotopic (exact) mass is 261 g/mol. The molecule has 0 spiro atoms. The van der Waals surface area contributed by atoms with Crippen molar-refractivity contribution in [1.29, 1.82) is 0 Å². The van der Waals surface area contributed by atoms with Gasteiger partial charge in [0.25, 0.3) is 0 Å². The van der Waals surface area contributed by atoms with E-state index in [0.29, 0.717) is 11.7 Å². The van der Waals surface area contributed by atoms with Gasteiger partial charge in [-0.25, -0.2) is 0 Å². The Morgan fingerprint density at radius 1 is 1.21 bits per heavy atom. The molecular formula is C14H19N3O2. The standard InChI is InChI=1S/C14H19N3O2/c1-14(2,3)11(15)13-16-12(17-19-13)9-5-7-10(18-4)8-6-9/h5-8,11H,15H2,1-4H3/t11-/m1/s1. The van der Waals surface area contributed by atoms with Crippen molar-refractivity contribution in [2.24, 2.45) is 11.1 Å². The Morgan fingerprint density at radius 2 is 1.84 bits per heavy atom. The van der Waals surface area contributed by atoms with E-state index < -0.39 is 0 Å². The molecule has 0 aliphatic rings. The minimum Gasteiger partial charge on any atom is -0.497 e. The summed E-state index contributed by atoms with van der Waals surface area (Å²) in [6.45, 7) is 6.11. The predicted octanol–water partition coefficient (Wildman–Crippen LogP) is 2.79. The number of methoxy groups -OCH3 is 1. The van der Waals surface area contributed by atoms with Gasteiger partial charge in [-0.15, -0.1) is 0 Å². The van der Waals surface area contributed by atoms with Crippen LogP contribution in [0, 0.1) is 5.41 Å². The molecule has 0 amide bonds. The molecule has 2 aromatic rings. The summed E-state index contributed by atoms with van der Waals surface area (Å²) in [6.07, 6.45) is 0. The van der Waals surface area contributed by atoms with E-state index in [4.69, 9.17) is 15.0 Å². The van der Waals surface area contributed by atoms with Crippen molar-refractivity contribution < 1.29 is 9.26 Å². The molecule has 5 heteroatoms. The molecule has 2 rings (SSSR count). The molecule has 0 saturated carbocycles. The van der Waals surface area contributed by atoms with Gasteiger partial charge in [0.15, 0.2) is 0 Å². The van der Waals surface area contributed by atoms with Crippen LogP contribution >= 0.6 is 0 Å². The lowest BCUT2D eigenvalue weighted by Gasteiger charge is -2.23. The van der Waals surface area contributed by atoms with Gasteiger partial charge in [0.05, 0.1) is 13.2 Å². The normalized spacial score (nSPS) is 13.3. The van der Waals surface area contributed by atoms with Crippen molar-refractivity contribution in [2.45, 2.75) is 26.8 Å². The minimum atomic E-state index is -0.285. The Morgan fingerprint density at radius 3 is 2.37 bits per heavy atom. The maximum Gasteiger partial charge on any atom is 0.244 e. The third-order valence-electron chi connectivity index (χ3n) is 2.99. The van der Waals surface area contributed by atoms with E-state index in [-0.39, 0.29) is 11.5 Å². The van der Waals surface area contributed by atoms with Crippen LogP contribution in [-0.2, 0) is 0 Å². The molecule has 102 valence electrons. The number of ether oxygens (including phenoxy) is 1. The van der Waals surface area contributed by atoms with Crippen LogP contribution in [0.25, 0.3) is 11.4 Å². The summed E-state index contributed by atoms with van der Waals surface area (Å²) >= 11 is 0. The van der Waals surface area contributed by atoms with Gasteiger partial charge in [-0.2, -0.15) is 4.98 Å². The summed E-state index contributed by atoms with van der Waals surface area (Å²) < 4.78 is 10.4. The molecule has 5 nitrogen and oxygen atoms in total. The van der Waals surface area contributed by atoms with Gasteiger partial charge in [0, 0.05) is 5.56 Å². The van der Waals surface area contributed by atoms with Crippen molar-refractivity contribution in [3.05, 3.63) is 30.2 Å². The molecule has 1 heterocycles. The fourth-order valence-electron chi connectivity index (χ4n) is 1.59. The van der Waals surface area contributed by atoms with E-state index in [9.17, 15) is 0 Å². The lowest BCUT2D eigenvalue weighted by atomic mass is 9.87. The second-order valence-electron chi connectivity index (χ2n) is 5.53. The zero-order valence-electron chi connectivity index (χ0n) is 11.7. The molecule has 19 heavy (non-hydrogen) atoms. The molecule has 0 unspecified atom stereocenters. The average molecular weight is 261 g/mol. The lowest BCUT2D eigenvalue weighted by Crippen LogP contribution is -2.26. The van der Waals surface area contributed by atoms with Gasteiger partial charge < -0.3 is 15.0 Å². The second kappa shape index (κ2) is 5.01. The molecule has 0 aliphatic heterocycles. The topological polar surface area (TPSA) is 74.2 Å². The molecular weight excluding hydrogens is 242 g/mol. The van der Waals surface area contributed by atoms with Gasteiger partial charge in [-0.1, -0.05) is 25.9 Å². The number of nitrogens with two attached hydrogens (primary N) is 1. The van der Waals surface area contributed by atoms with Gasteiger partial charge in [0.1, 0.15) is 5.75 Å². The average Bonchev–Trinajstić information content (AvgIpc) is 2.86. The van der Waals surface area contributed by atoms with E-state index in [1.165, 1.54) is 0 Å². The molecule has 1 aromatic carbocycles. The summed E-state index contributed by atoms with van der Waals surface area (Å²) in [5.74, 6) is 1.79. The summed E-state index contributed by atoms with van der Waals surface area (Å²) in [6, 6.07) is 7.20. The highest BCUT2D eigenvalue weighted by molar-refractivity contribution is 5.55. The largest absolute Gasteiger partial charge is 0.497 e. The first-order valence-corrected chi connectivity index (χ1v) is 6.15. The summed E-state index contributed by atoms with van der Waals surface area (Å²) in [5.41, 5.74) is 6.84. The highest BCUT2D eigenvalue weighted by atomic mass is 16.5. The number of hydrogen-bond acceptors (Lipinski definition) is 5. The van der Waals surface area contributed by atoms with E-state index in [1.54, 1.807) is 7.11 Å². The number of benzene rings is 1. The van der Waals surface area contributed by atoms with Gasteiger partial charge in [-0.05, 0) is 29.7 Å². The zero-order chi connectivity index (χ0) is 14.0. The van der Waals surface area contributed by atoms with Crippen LogP contribution in [0.3, 0.4) is 0 Å². The van der Waals surface area contributed by atoms with Crippen LogP contribution in [0.5, 0.6) is 5.75 Å².